The lowest BCUT2D eigenvalue weighted by Crippen LogP contribution is -2.47. The Bertz CT molecular complexity index is 717. The maximum Gasteiger partial charge on any atom is 0.306 e. The number of nitrogens with one attached hydrogen (secondary N) is 2. The van der Waals surface area contributed by atoms with Crippen LogP contribution in [0.5, 0.6) is 0 Å². The van der Waals surface area contributed by atoms with Gasteiger partial charge in [-0.1, -0.05) is 6.07 Å². The Morgan fingerprint density at radius 1 is 1.15 bits per heavy atom. The number of hydrogen-bond acceptors (Lipinski definition) is 6. The molecule has 27 heavy (non-hydrogen) atoms. The minimum Gasteiger partial charge on any atom is -0.469 e. The van der Waals surface area contributed by atoms with Gasteiger partial charge in [-0.2, -0.15) is 0 Å². The molecule has 0 aromatic heterocycles. The molecule has 0 atom stereocenters. The van der Waals surface area contributed by atoms with E-state index in [0.29, 0.717) is 24.3 Å². The molecule has 1 saturated heterocycles. The summed E-state index contributed by atoms with van der Waals surface area (Å²) in [5.74, 6) is -0.874. The molecule has 1 aliphatic heterocycles. The molecule has 0 spiro atoms. The summed E-state index contributed by atoms with van der Waals surface area (Å²) in [5, 5.41) is 5.49. The standard InChI is InChI=1S/C18H24N4O4S/c1-21-8-10-22(11-9-21)17(25)13-4-3-5-14(12-13)19-18(27)20-15(23)6-7-16(24)26-2/h3-5,12H,6-11H2,1-2H3,(H2,19,20,23,27). The lowest BCUT2D eigenvalue weighted by Gasteiger charge is -2.32. The fraction of sp³-hybridized carbons (Fsp3) is 0.444. The minimum atomic E-state index is -0.459. The highest BCUT2D eigenvalue weighted by atomic mass is 32.1. The highest BCUT2D eigenvalue weighted by Crippen LogP contribution is 2.14. The topological polar surface area (TPSA) is 91.0 Å². The predicted molar refractivity (Wildman–Crippen MR) is 105 cm³/mol. The van der Waals surface area contributed by atoms with E-state index in [1.54, 1.807) is 24.3 Å². The largest absolute Gasteiger partial charge is 0.469 e. The summed E-state index contributed by atoms with van der Waals surface area (Å²) in [5.41, 5.74) is 1.16. The number of hydrogen-bond donors (Lipinski definition) is 2. The van der Waals surface area contributed by atoms with Crippen LogP contribution in [-0.2, 0) is 14.3 Å². The molecule has 1 heterocycles. The van der Waals surface area contributed by atoms with Crippen molar-refractivity contribution in [1.82, 2.24) is 15.1 Å². The van der Waals surface area contributed by atoms with E-state index in [1.807, 2.05) is 11.9 Å². The van der Waals surface area contributed by atoms with Gasteiger partial charge in [-0.15, -0.1) is 0 Å². The molecule has 1 aromatic carbocycles. The first-order valence-corrected chi connectivity index (χ1v) is 9.05. The molecule has 9 heteroatoms. The van der Waals surface area contributed by atoms with Crippen molar-refractivity contribution in [3.63, 3.8) is 0 Å². The maximum absolute atomic E-state index is 12.6. The van der Waals surface area contributed by atoms with Gasteiger partial charge in [0, 0.05) is 43.9 Å². The molecule has 0 aliphatic carbocycles. The Hall–Kier alpha value is -2.52. The van der Waals surface area contributed by atoms with Crippen LogP contribution in [0.1, 0.15) is 23.2 Å². The van der Waals surface area contributed by atoms with E-state index < -0.39 is 5.97 Å². The van der Waals surface area contributed by atoms with E-state index in [4.69, 9.17) is 12.2 Å². The van der Waals surface area contributed by atoms with Gasteiger partial charge in [0.25, 0.3) is 5.91 Å². The van der Waals surface area contributed by atoms with Crippen molar-refractivity contribution in [3.05, 3.63) is 29.8 Å². The number of likely N-dealkylation sites (N-methyl/N-ethyl adjacent to an activating group) is 1. The van der Waals surface area contributed by atoms with Crippen LogP contribution in [-0.4, -0.2) is 73.0 Å². The predicted octanol–water partition coefficient (Wildman–Crippen LogP) is 0.840. The molecule has 2 amide bonds. The molecule has 0 unspecified atom stereocenters. The maximum atomic E-state index is 12.6. The van der Waals surface area contributed by atoms with Crippen LogP contribution in [0.2, 0.25) is 0 Å². The van der Waals surface area contributed by atoms with Gasteiger partial charge < -0.3 is 25.2 Å². The monoisotopic (exact) mass is 392 g/mol. The average molecular weight is 392 g/mol. The van der Waals surface area contributed by atoms with Crippen molar-refractivity contribution in [1.29, 1.82) is 0 Å². The van der Waals surface area contributed by atoms with Crippen molar-refractivity contribution in [2.24, 2.45) is 0 Å². The number of nitrogens with zero attached hydrogens (tertiary/aromatic N) is 2. The molecule has 1 fully saturated rings. The van der Waals surface area contributed by atoms with Crippen LogP contribution in [0.4, 0.5) is 5.69 Å². The molecule has 8 nitrogen and oxygen atoms in total. The molecule has 1 aliphatic rings. The van der Waals surface area contributed by atoms with Crippen molar-refractivity contribution in [3.8, 4) is 0 Å². The SMILES string of the molecule is COC(=O)CCC(=O)NC(=S)Nc1cccc(C(=O)N2CCN(C)CC2)c1. The molecule has 2 rings (SSSR count). The van der Waals surface area contributed by atoms with Crippen LogP contribution < -0.4 is 10.6 Å². The third kappa shape index (κ3) is 6.61. The number of piperazine rings is 1. The highest BCUT2D eigenvalue weighted by molar-refractivity contribution is 7.80. The zero-order valence-corrected chi connectivity index (χ0v) is 16.3. The zero-order valence-electron chi connectivity index (χ0n) is 15.5. The normalized spacial score (nSPS) is 14.4. The molecule has 2 N–H and O–H groups in total. The van der Waals surface area contributed by atoms with Gasteiger partial charge in [0.1, 0.15) is 0 Å². The van der Waals surface area contributed by atoms with Gasteiger partial charge >= 0.3 is 5.97 Å². The number of esters is 1. The lowest BCUT2D eigenvalue weighted by molar-refractivity contribution is -0.142. The lowest BCUT2D eigenvalue weighted by atomic mass is 10.1. The number of carbonyl (C=O) groups is 3. The Balaban J connectivity index is 1.89. The van der Waals surface area contributed by atoms with Gasteiger partial charge in [-0.05, 0) is 37.5 Å². The smallest absolute Gasteiger partial charge is 0.306 e. The Kier molecular flexibility index (Phi) is 7.68. The number of rotatable bonds is 5. The van der Waals surface area contributed by atoms with Crippen LogP contribution in [0.15, 0.2) is 24.3 Å². The van der Waals surface area contributed by atoms with Crippen molar-refractivity contribution in [2.45, 2.75) is 12.8 Å². The molecular formula is C18H24N4O4S. The van der Waals surface area contributed by atoms with Crippen molar-refractivity contribution in [2.75, 3.05) is 45.7 Å². The van der Waals surface area contributed by atoms with Crippen LogP contribution in [0.3, 0.4) is 0 Å². The fourth-order valence-corrected chi connectivity index (χ4v) is 2.82. The minimum absolute atomic E-state index is 0.0139. The van der Waals surface area contributed by atoms with Crippen LogP contribution in [0, 0.1) is 0 Å². The number of anilines is 1. The first kappa shape index (κ1) is 20.8. The second-order valence-electron chi connectivity index (χ2n) is 6.25. The highest BCUT2D eigenvalue weighted by Gasteiger charge is 2.20. The summed E-state index contributed by atoms with van der Waals surface area (Å²) in [4.78, 5) is 39.5. The van der Waals surface area contributed by atoms with E-state index in [0.717, 1.165) is 13.1 Å². The second kappa shape index (κ2) is 9.98. The van der Waals surface area contributed by atoms with Gasteiger partial charge in [0.2, 0.25) is 5.91 Å². The number of amides is 2. The Labute approximate surface area is 163 Å². The van der Waals surface area contributed by atoms with Crippen molar-refractivity contribution >= 4 is 40.8 Å². The first-order chi connectivity index (χ1) is 12.9. The summed E-state index contributed by atoms with van der Waals surface area (Å²) >= 11 is 5.11. The van der Waals surface area contributed by atoms with Crippen LogP contribution >= 0.6 is 12.2 Å². The summed E-state index contributed by atoms with van der Waals surface area (Å²) in [6, 6.07) is 6.97. The molecule has 0 radical (unpaired) electrons. The van der Waals surface area contributed by atoms with E-state index in [9.17, 15) is 14.4 Å². The molecule has 1 aromatic rings. The van der Waals surface area contributed by atoms with Crippen molar-refractivity contribution < 1.29 is 19.1 Å². The number of benzene rings is 1. The summed E-state index contributed by atoms with van der Waals surface area (Å²) in [6.45, 7) is 3.10. The third-order valence-electron chi connectivity index (χ3n) is 4.19. The summed E-state index contributed by atoms with van der Waals surface area (Å²) < 4.78 is 4.49. The molecular weight excluding hydrogens is 368 g/mol. The Morgan fingerprint density at radius 2 is 1.85 bits per heavy atom. The van der Waals surface area contributed by atoms with Gasteiger partial charge in [0.15, 0.2) is 5.11 Å². The number of ether oxygens (including phenoxy) is 1. The number of thiocarbonyl (C=S) groups is 1. The van der Waals surface area contributed by atoms with E-state index >= 15 is 0 Å². The number of carbonyl (C=O) groups excluding carboxylic acids is 3. The van der Waals surface area contributed by atoms with E-state index in [1.165, 1.54) is 7.11 Å². The third-order valence-corrected chi connectivity index (χ3v) is 4.40. The first-order valence-electron chi connectivity index (χ1n) is 8.64. The Morgan fingerprint density at radius 3 is 2.52 bits per heavy atom. The molecule has 146 valence electrons. The number of methoxy groups -OCH3 is 1. The molecule has 0 saturated carbocycles. The van der Waals surface area contributed by atoms with Gasteiger partial charge in [-0.3, -0.25) is 14.4 Å². The van der Waals surface area contributed by atoms with E-state index in [-0.39, 0.29) is 29.8 Å². The zero-order chi connectivity index (χ0) is 19.8. The average Bonchev–Trinajstić information content (AvgIpc) is 2.66. The van der Waals surface area contributed by atoms with E-state index in [2.05, 4.69) is 20.3 Å². The van der Waals surface area contributed by atoms with Gasteiger partial charge in [0.05, 0.1) is 13.5 Å². The van der Waals surface area contributed by atoms with Gasteiger partial charge in [-0.25, -0.2) is 0 Å². The fourth-order valence-electron chi connectivity index (χ4n) is 2.59. The quantitative estimate of drug-likeness (QED) is 0.567. The second-order valence-corrected chi connectivity index (χ2v) is 6.66. The summed E-state index contributed by atoms with van der Waals surface area (Å²) in [7, 11) is 3.30. The molecule has 0 bridgehead atoms. The summed E-state index contributed by atoms with van der Waals surface area (Å²) in [6.07, 6.45) is -0.0314. The van der Waals surface area contributed by atoms with Crippen LogP contribution in [0.25, 0.3) is 0 Å².